The summed E-state index contributed by atoms with van der Waals surface area (Å²) < 4.78 is 2.02. The molecule has 1 aromatic heterocycles. The van der Waals surface area contributed by atoms with Crippen molar-refractivity contribution >= 4 is 47.1 Å². The summed E-state index contributed by atoms with van der Waals surface area (Å²) >= 11 is 14.1. The van der Waals surface area contributed by atoms with Crippen molar-refractivity contribution in [2.24, 2.45) is 5.10 Å². The SMILES string of the molecule is Cc1cc(C)cc(CSCC(=O)N/N=C/c2cc(C)n(-c3cccc(Cl)c3Cl)c2C)c1. The molecule has 0 unspecified atom stereocenters. The number of nitrogens with zero attached hydrogens (tertiary/aromatic N) is 2. The molecule has 0 fully saturated rings. The molecule has 1 amide bonds. The van der Waals surface area contributed by atoms with E-state index in [1.165, 1.54) is 16.7 Å². The molecule has 4 nitrogen and oxygen atoms in total. The zero-order chi connectivity index (χ0) is 22.5. The number of rotatable bonds is 7. The van der Waals surface area contributed by atoms with Gasteiger partial charge in [-0.2, -0.15) is 5.10 Å². The number of hydrazone groups is 1. The van der Waals surface area contributed by atoms with Crippen LogP contribution in [-0.4, -0.2) is 22.4 Å². The zero-order valence-electron chi connectivity index (χ0n) is 18.0. The Bertz CT molecular complexity index is 1120. The van der Waals surface area contributed by atoms with Crippen LogP contribution in [0.1, 0.15) is 33.6 Å². The van der Waals surface area contributed by atoms with E-state index in [4.69, 9.17) is 23.2 Å². The fraction of sp³-hybridized carbons (Fsp3) is 0.250. The minimum Gasteiger partial charge on any atom is -0.316 e. The fourth-order valence-electron chi connectivity index (χ4n) is 3.57. The lowest BCUT2D eigenvalue weighted by molar-refractivity contribution is -0.118. The van der Waals surface area contributed by atoms with Gasteiger partial charge in [-0.05, 0) is 51.5 Å². The maximum atomic E-state index is 12.1. The first-order chi connectivity index (χ1) is 14.8. The number of hydrogen-bond acceptors (Lipinski definition) is 3. The van der Waals surface area contributed by atoms with Crippen LogP contribution in [0.5, 0.6) is 0 Å². The topological polar surface area (TPSA) is 46.4 Å². The second kappa shape index (κ2) is 10.4. The van der Waals surface area contributed by atoms with E-state index in [1.54, 1.807) is 24.0 Å². The number of nitrogens with one attached hydrogen (secondary N) is 1. The third kappa shape index (κ3) is 5.94. The molecule has 0 atom stereocenters. The Hall–Kier alpha value is -2.21. The molecule has 0 spiro atoms. The summed E-state index contributed by atoms with van der Waals surface area (Å²) in [5.74, 6) is 1.01. The molecule has 31 heavy (non-hydrogen) atoms. The van der Waals surface area contributed by atoms with Crippen LogP contribution >= 0.6 is 35.0 Å². The molecular formula is C24H25Cl2N3OS. The maximum Gasteiger partial charge on any atom is 0.250 e. The molecule has 0 aliphatic rings. The number of aromatic nitrogens is 1. The average Bonchev–Trinajstić information content (AvgIpc) is 2.97. The van der Waals surface area contributed by atoms with Gasteiger partial charge in [0.2, 0.25) is 5.91 Å². The molecule has 0 saturated carbocycles. The Morgan fingerprint density at radius 3 is 2.52 bits per heavy atom. The molecule has 3 rings (SSSR count). The van der Waals surface area contributed by atoms with Gasteiger partial charge >= 0.3 is 0 Å². The summed E-state index contributed by atoms with van der Waals surface area (Å²) in [6.07, 6.45) is 1.66. The van der Waals surface area contributed by atoms with Gasteiger partial charge in [-0.25, -0.2) is 5.43 Å². The summed E-state index contributed by atoms with van der Waals surface area (Å²) in [6.45, 7) is 8.14. The van der Waals surface area contributed by atoms with Gasteiger partial charge in [0.1, 0.15) is 0 Å². The molecule has 0 bridgehead atoms. The van der Waals surface area contributed by atoms with Crippen molar-refractivity contribution < 1.29 is 4.79 Å². The van der Waals surface area contributed by atoms with Crippen LogP contribution in [-0.2, 0) is 10.5 Å². The van der Waals surface area contributed by atoms with E-state index < -0.39 is 0 Å². The normalized spacial score (nSPS) is 11.3. The average molecular weight is 474 g/mol. The van der Waals surface area contributed by atoms with Crippen LogP contribution in [0, 0.1) is 27.7 Å². The van der Waals surface area contributed by atoms with Crippen molar-refractivity contribution in [1.29, 1.82) is 0 Å². The molecule has 1 N–H and O–H groups in total. The Morgan fingerprint density at radius 2 is 1.81 bits per heavy atom. The molecule has 3 aromatic rings. The van der Waals surface area contributed by atoms with Crippen molar-refractivity contribution in [2.75, 3.05) is 5.75 Å². The number of carbonyl (C=O) groups excluding carboxylic acids is 1. The lowest BCUT2D eigenvalue weighted by atomic mass is 10.1. The van der Waals surface area contributed by atoms with E-state index in [-0.39, 0.29) is 5.91 Å². The summed E-state index contributed by atoms with van der Waals surface area (Å²) in [6, 6.07) is 14.0. The quantitative estimate of drug-likeness (QED) is 0.318. The molecule has 1 heterocycles. The number of aryl methyl sites for hydroxylation is 3. The third-order valence-corrected chi connectivity index (χ3v) is 6.63. The van der Waals surface area contributed by atoms with E-state index >= 15 is 0 Å². The van der Waals surface area contributed by atoms with Gasteiger partial charge in [0.25, 0.3) is 0 Å². The third-order valence-electron chi connectivity index (χ3n) is 4.82. The molecular weight excluding hydrogens is 449 g/mol. The first-order valence-electron chi connectivity index (χ1n) is 9.86. The maximum absolute atomic E-state index is 12.1. The summed E-state index contributed by atoms with van der Waals surface area (Å²) in [5.41, 5.74) is 9.99. The predicted octanol–water partition coefficient (Wildman–Crippen LogP) is 6.40. The highest BCUT2D eigenvalue weighted by Crippen LogP contribution is 2.31. The van der Waals surface area contributed by atoms with E-state index in [0.29, 0.717) is 15.8 Å². The highest BCUT2D eigenvalue weighted by molar-refractivity contribution is 7.99. The lowest BCUT2D eigenvalue weighted by Gasteiger charge is -2.12. The molecule has 0 aliphatic carbocycles. The minimum absolute atomic E-state index is 0.127. The number of thioether (sulfide) groups is 1. The summed E-state index contributed by atoms with van der Waals surface area (Å²) in [5, 5.41) is 5.14. The summed E-state index contributed by atoms with van der Waals surface area (Å²) in [7, 11) is 0. The highest BCUT2D eigenvalue weighted by Gasteiger charge is 2.13. The van der Waals surface area contributed by atoms with Gasteiger partial charge in [0.05, 0.1) is 27.7 Å². The number of hydrogen-bond donors (Lipinski definition) is 1. The van der Waals surface area contributed by atoms with Crippen LogP contribution in [0.15, 0.2) is 47.6 Å². The molecule has 0 saturated heterocycles. The van der Waals surface area contributed by atoms with E-state index in [1.807, 2.05) is 36.6 Å². The van der Waals surface area contributed by atoms with Crippen LogP contribution in [0.4, 0.5) is 0 Å². The van der Waals surface area contributed by atoms with Gasteiger partial charge in [-0.1, -0.05) is 58.6 Å². The monoisotopic (exact) mass is 473 g/mol. The van der Waals surface area contributed by atoms with E-state index in [2.05, 4.69) is 42.6 Å². The van der Waals surface area contributed by atoms with E-state index in [9.17, 15) is 4.79 Å². The standard InChI is InChI=1S/C24H25Cl2N3OS/c1-15-8-16(2)10-19(9-15)13-31-14-23(30)28-27-12-20-11-17(3)29(18(20)4)22-7-5-6-21(25)24(22)26/h5-12H,13-14H2,1-4H3,(H,28,30)/b27-12+. The minimum atomic E-state index is -0.127. The van der Waals surface area contributed by atoms with Crippen molar-refractivity contribution in [2.45, 2.75) is 33.4 Å². The zero-order valence-corrected chi connectivity index (χ0v) is 20.3. The van der Waals surface area contributed by atoms with Gasteiger partial charge in [-0.3, -0.25) is 4.79 Å². The number of benzene rings is 2. The predicted molar refractivity (Wildman–Crippen MR) is 133 cm³/mol. The Labute approximate surface area is 197 Å². The highest BCUT2D eigenvalue weighted by atomic mass is 35.5. The van der Waals surface area contributed by atoms with E-state index in [0.717, 1.165) is 28.4 Å². The van der Waals surface area contributed by atoms with Crippen molar-refractivity contribution in [1.82, 2.24) is 9.99 Å². The second-order valence-corrected chi connectivity index (χ2v) is 9.29. The molecule has 162 valence electrons. The van der Waals surface area contributed by atoms with Gasteiger partial charge in [-0.15, -0.1) is 11.8 Å². The first-order valence-corrected chi connectivity index (χ1v) is 11.8. The van der Waals surface area contributed by atoms with Crippen molar-refractivity contribution in [3.05, 3.63) is 86.2 Å². The molecule has 7 heteroatoms. The smallest absolute Gasteiger partial charge is 0.250 e. The van der Waals surface area contributed by atoms with Crippen LogP contribution in [0.25, 0.3) is 5.69 Å². The molecule has 0 aliphatic heterocycles. The number of halogens is 2. The van der Waals surface area contributed by atoms with Gasteiger partial charge in [0, 0.05) is 22.7 Å². The van der Waals surface area contributed by atoms with Gasteiger partial charge in [0.15, 0.2) is 0 Å². The Balaban J connectivity index is 1.59. The molecule has 0 radical (unpaired) electrons. The fourth-order valence-corrected chi connectivity index (χ4v) is 4.71. The second-order valence-electron chi connectivity index (χ2n) is 7.52. The Kier molecular flexibility index (Phi) is 7.87. The largest absolute Gasteiger partial charge is 0.316 e. The number of amides is 1. The number of carbonyl (C=O) groups is 1. The van der Waals surface area contributed by atoms with Crippen LogP contribution < -0.4 is 5.43 Å². The first kappa shape index (κ1) is 23.5. The van der Waals surface area contributed by atoms with Gasteiger partial charge < -0.3 is 4.57 Å². The van der Waals surface area contributed by atoms with Crippen LogP contribution in [0.2, 0.25) is 10.0 Å². The summed E-state index contributed by atoms with van der Waals surface area (Å²) in [4.78, 5) is 12.1. The van der Waals surface area contributed by atoms with Crippen LogP contribution in [0.3, 0.4) is 0 Å². The van der Waals surface area contributed by atoms with Crippen molar-refractivity contribution in [3.8, 4) is 5.69 Å². The lowest BCUT2D eigenvalue weighted by Crippen LogP contribution is -2.19. The molecule has 2 aromatic carbocycles. The van der Waals surface area contributed by atoms with Crippen molar-refractivity contribution in [3.63, 3.8) is 0 Å². The Morgan fingerprint density at radius 1 is 1.10 bits per heavy atom.